The van der Waals surface area contributed by atoms with Crippen molar-refractivity contribution in [1.29, 1.82) is 0 Å². The zero-order valence-corrected chi connectivity index (χ0v) is 19.5. The SMILES string of the molecule is Cc1nnc(CN=C(NCCc2cccs2)NCC(=O)N2CCCC2)n1C.I. The Kier molecular flexibility index (Phi) is 9.16. The van der Waals surface area contributed by atoms with E-state index in [1.54, 1.807) is 11.3 Å². The first-order valence-corrected chi connectivity index (χ1v) is 10.2. The molecule has 1 amide bonds. The molecule has 0 aromatic carbocycles. The first-order valence-electron chi connectivity index (χ1n) is 9.30. The second-order valence-electron chi connectivity index (χ2n) is 6.58. The van der Waals surface area contributed by atoms with Gasteiger partial charge in [0.2, 0.25) is 5.91 Å². The van der Waals surface area contributed by atoms with Crippen LogP contribution in [-0.4, -0.2) is 57.7 Å². The maximum absolute atomic E-state index is 12.3. The summed E-state index contributed by atoms with van der Waals surface area (Å²) < 4.78 is 1.92. The highest BCUT2D eigenvalue weighted by Gasteiger charge is 2.17. The maximum atomic E-state index is 12.3. The fourth-order valence-corrected chi connectivity index (χ4v) is 3.62. The third-order valence-corrected chi connectivity index (χ3v) is 5.61. The molecule has 0 radical (unpaired) electrons. The van der Waals surface area contributed by atoms with E-state index >= 15 is 0 Å². The molecule has 1 aliphatic rings. The van der Waals surface area contributed by atoms with Gasteiger partial charge in [0.05, 0.1) is 6.54 Å². The molecule has 0 bridgehead atoms. The van der Waals surface area contributed by atoms with Gasteiger partial charge in [-0.3, -0.25) is 4.79 Å². The van der Waals surface area contributed by atoms with E-state index in [-0.39, 0.29) is 36.4 Å². The monoisotopic (exact) mass is 517 g/mol. The third-order valence-electron chi connectivity index (χ3n) is 4.67. The molecular formula is C18H28IN7OS. The normalized spacial score (nSPS) is 14.1. The topological polar surface area (TPSA) is 87.4 Å². The van der Waals surface area contributed by atoms with Gasteiger partial charge in [-0.1, -0.05) is 6.07 Å². The molecule has 0 atom stereocenters. The lowest BCUT2D eigenvalue weighted by molar-refractivity contribution is -0.128. The Labute approximate surface area is 186 Å². The Hall–Kier alpha value is -1.69. The van der Waals surface area contributed by atoms with E-state index in [0.29, 0.717) is 12.5 Å². The summed E-state index contributed by atoms with van der Waals surface area (Å²) in [6.45, 7) is 5.04. The molecular weight excluding hydrogens is 489 g/mol. The summed E-state index contributed by atoms with van der Waals surface area (Å²) >= 11 is 1.74. The average molecular weight is 517 g/mol. The van der Waals surface area contributed by atoms with Crippen molar-refractivity contribution < 1.29 is 4.79 Å². The molecule has 10 heteroatoms. The van der Waals surface area contributed by atoms with Crippen molar-refractivity contribution >= 4 is 47.2 Å². The van der Waals surface area contributed by atoms with E-state index in [2.05, 4.69) is 43.3 Å². The number of hydrogen-bond acceptors (Lipinski definition) is 5. The van der Waals surface area contributed by atoms with Gasteiger partial charge in [-0.2, -0.15) is 0 Å². The molecule has 2 N–H and O–H groups in total. The van der Waals surface area contributed by atoms with E-state index in [0.717, 1.165) is 50.5 Å². The Morgan fingerprint density at radius 2 is 2.07 bits per heavy atom. The second-order valence-corrected chi connectivity index (χ2v) is 7.62. The van der Waals surface area contributed by atoms with Gasteiger partial charge in [-0.15, -0.1) is 45.5 Å². The Morgan fingerprint density at radius 3 is 2.71 bits per heavy atom. The van der Waals surface area contributed by atoms with E-state index < -0.39 is 0 Å². The number of carbonyl (C=O) groups excluding carboxylic acids is 1. The number of nitrogens with one attached hydrogen (secondary N) is 2. The Morgan fingerprint density at radius 1 is 1.29 bits per heavy atom. The standard InChI is InChI=1S/C18H27N7OS.HI/c1-14-22-23-16(24(14)2)12-20-18(19-8-7-15-6-5-11-27-15)21-13-17(26)25-9-3-4-10-25;/h5-6,11H,3-4,7-10,12-13H2,1-2H3,(H2,19,20,21);1H. The molecule has 3 rings (SSSR count). The van der Waals surface area contributed by atoms with Gasteiger partial charge in [0.25, 0.3) is 0 Å². The fraction of sp³-hybridized carbons (Fsp3) is 0.556. The van der Waals surface area contributed by atoms with Crippen LogP contribution in [0.3, 0.4) is 0 Å². The molecule has 28 heavy (non-hydrogen) atoms. The largest absolute Gasteiger partial charge is 0.356 e. The number of rotatable bonds is 7. The average Bonchev–Trinajstić information content (AvgIpc) is 3.42. The first kappa shape index (κ1) is 22.6. The third kappa shape index (κ3) is 6.43. The van der Waals surface area contributed by atoms with Gasteiger partial charge < -0.3 is 20.1 Å². The summed E-state index contributed by atoms with van der Waals surface area (Å²) in [6, 6.07) is 4.17. The number of aryl methyl sites for hydroxylation is 1. The minimum Gasteiger partial charge on any atom is -0.356 e. The number of nitrogens with zero attached hydrogens (tertiary/aromatic N) is 5. The van der Waals surface area contributed by atoms with Crippen LogP contribution < -0.4 is 10.6 Å². The number of carbonyl (C=O) groups is 1. The van der Waals surface area contributed by atoms with Gasteiger partial charge >= 0.3 is 0 Å². The second kappa shape index (κ2) is 11.3. The van der Waals surface area contributed by atoms with Crippen molar-refractivity contribution in [3.63, 3.8) is 0 Å². The number of aliphatic imine (C=N–C) groups is 1. The molecule has 1 fully saturated rings. The van der Waals surface area contributed by atoms with Crippen molar-refractivity contribution in [3.05, 3.63) is 34.0 Å². The Bertz CT molecular complexity index is 769. The van der Waals surface area contributed by atoms with Crippen LogP contribution in [0.4, 0.5) is 0 Å². The van der Waals surface area contributed by atoms with Crippen LogP contribution >= 0.6 is 35.3 Å². The summed E-state index contributed by atoms with van der Waals surface area (Å²) in [5, 5.41) is 16.8. The van der Waals surface area contributed by atoms with Crippen LogP contribution in [0, 0.1) is 6.92 Å². The van der Waals surface area contributed by atoms with Crippen molar-refractivity contribution in [2.45, 2.75) is 32.7 Å². The number of thiophene rings is 1. The molecule has 2 aromatic heterocycles. The zero-order chi connectivity index (χ0) is 19.1. The van der Waals surface area contributed by atoms with Crippen LogP contribution in [0.2, 0.25) is 0 Å². The molecule has 2 aromatic rings. The van der Waals surface area contributed by atoms with Gasteiger partial charge in [-0.05, 0) is 37.6 Å². The first-order chi connectivity index (χ1) is 13.1. The molecule has 1 aliphatic heterocycles. The highest BCUT2D eigenvalue weighted by atomic mass is 127. The van der Waals surface area contributed by atoms with Crippen LogP contribution in [0.1, 0.15) is 29.4 Å². The number of guanidine groups is 1. The molecule has 0 spiro atoms. The summed E-state index contributed by atoms with van der Waals surface area (Å²) in [4.78, 5) is 20.1. The van der Waals surface area contributed by atoms with Crippen LogP contribution in [0.25, 0.3) is 0 Å². The van der Waals surface area contributed by atoms with E-state index in [9.17, 15) is 4.79 Å². The van der Waals surface area contributed by atoms with E-state index in [1.165, 1.54) is 4.88 Å². The highest BCUT2D eigenvalue weighted by molar-refractivity contribution is 14.0. The van der Waals surface area contributed by atoms with Gasteiger partial charge in [0.15, 0.2) is 11.8 Å². The lowest BCUT2D eigenvalue weighted by Gasteiger charge is -2.17. The number of halogens is 1. The molecule has 8 nitrogen and oxygen atoms in total. The van der Waals surface area contributed by atoms with Crippen molar-refractivity contribution in [1.82, 2.24) is 30.3 Å². The number of amides is 1. The highest BCUT2D eigenvalue weighted by Crippen LogP contribution is 2.08. The maximum Gasteiger partial charge on any atom is 0.241 e. The molecule has 1 saturated heterocycles. The quantitative estimate of drug-likeness (QED) is 0.332. The van der Waals surface area contributed by atoms with Crippen molar-refractivity contribution in [3.8, 4) is 0 Å². The molecule has 154 valence electrons. The predicted molar refractivity (Wildman–Crippen MR) is 122 cm³/mol. The fourth-order valence-electron chi connectivity index (χ4n) is 2.91. The predicted octanol–water partition coefficient (Wildman–Crippen LogP) is 1.70. The summed E-state index contributed by atoms with van der Waals surface area (Å²) in [7, 11) is 1.93. The molecule has 0 saturated carbocycles. The lowest BCUT2D eigenvalue weighted by Crippen LogP contribution is -2.44. The van der Waals surface area contributed by atoms with Crippen molar-refractivity contribution in [2.24, 2.45) is 12.0 Å². The summed E-state index contributed by atoms with van der Waals surface area (Å²) in [5.74, 6) is 2.39. The van der Waals surface area contributed by atoms with Gasteiger partial charge in [-0.25, -0.2) is 4.99 Å². The smallest absolute Gasteiger partial charge is 0.241 e. The van der Waals surface area contributed by atoms with Crippen LogP contribution in [0.15, 0.2) is 22.5 Å². The van der Waals surface area contributed by atoms with Gasteiger partial charge in [0.1, 0.15) is 12.4 Å². The van der Waals surface area contributed by atoms with Crippen molar-refractivity contribution in [2.75, 3.05) is 26.2 Å². The molecule has 0 aliphatic carbocycles. The van der Waals surface area contributed by atoms with E-state index in [1.807, 2.05) is 23.4 Å². The number of aromatic nitrogens is 3. The summed E-state index contributed by atoms with van der Waals surface area (Å²) in [5.41, 5.74) is 0. The molecule has 0 unspecified atom stereocenters. The number of hydrogen-bond donors (Lipinski definition) is 2. The minimum absolute atomic E-state index is 0. The van der Waals surface area contributed by atoms with Crippen LogP contribution in [0.5, 0.6) is 0 Å². The van der Waals surface area contributed by atoms with Crippen LogP contribution in [-0.2, 0) is 24.8 Å². The minimum atomic E-state index is 0. The van der Waals surface area contributed by atoms with Gasteiger partial charge in [0, 0.05) is 31.6 Å². The van der Waals surface area contributed by atoms with E-state index in [4.69, 9.17) is 0 Å². The lowest BCUT2D eigenvalue weighted by atomic mass is 10.3. The Balaban J connectivity index is 0.00000280. The number of likely N-dealkylation sites (tertiary alicyclic amines) is 1. The zero-order valence-electron chi connectivity index (χ0n) is 16.3. The molecule has 3 heterocycles. The summed E-state index contributed by atoms with van der Waals surface area (Å²) in [6.07, 6.45) is 3.11.